The average molecular weight is 1080 g/mol. The van der Waals surface area contributed by atoms with Crippen LogP contribution in [0.15, 0.2) is 48.5 Å². The summed E-state index contributed by atoms with van der Waals surface area (Å²) in [5.74, 6) is -11.7. The van der Waals surface area contributed by atoms with Gasteiger partial charge in [-0.2, -0.15) is 0 Å². The van der Waals surface area contributed by atoms with Crippen molar-refractivity contribution in [2.24, 2.45) is 17.2 Å². The van der Waals surface area contributed by atoms with Crippen molar-refractivity contribution in [2.75, 3.05) is 32.7 Å². The Morgan fingerprint density at radius 2 is 1.05 bits per heavy atom. The summed E-state index contributed by atoms with van der Waals surface area (Å²) in [7, 11) is 0. The maximum absolute atomic E-state index is 13.0. The normalized spacial score (nSPS) is 16.7. The van der Waals surface area contributed by atoms with E-state index in [0.717, 1.165) is 17.6 Å². The quantitative estimate of drug-likeness (QED) is 0.0266. The summed E-state index contributed by atoms with van der Waals surface area (Å²) in [6.45, 7) is -3.40. The summed E-state index contributed by atoms with van der Waals surface area (Å²) >= 11 is 4.19. The second-order valence-corrected chi connectivity index (χ2v) is 16.0. The van der Waals surface area contributed by atoms with Crippen molar-refractivity contribution in [3.63, 3.8) is 0 Å². The maximum atomic E-state index is 13.0. The third-order valence-electron chi connectivity index (χ3n) is 8.75. The lowest BCUT2D eigenvalue weighted by Crippen LogP contribution is -2.55. The van der Waals surface area contributed by atoms with Crippen LogP contribution in [0.3, 0.4) is 0 Å². The second kappa shape index (κ2) is 23.5. The van der Waals surface area contributed by atoms with Crippen LogP contribution >= 0.6 is 45.2 Å². The van der Waals surface area contributed by atoms with Crippen molar-refractivity contribution in [3.05, 3.63) is 66.8 Å². The highest BCUT2D eigenvalue weighted by Crippen LogP contribution is 2.38. The van der Waals surface area contributed by atoms with Crippen LogP contribution in [0.25, 0.3) is 0 Å². The molecule has 23 nitrogen and oxygen atoms in total. The monoisotopic (exact) mass is 1080 g/mol. The first kappa shape index (κ1) is 49.8. The molecule has 1 saturated heterocycles. The number of carbonyl (C=O) groups excluding carboxylic acids is 9. The van der Waals surface area contributed by atoms with Crippen LogP contribution in [0.5, 0.6) is 0 Å². The number of rotatable bonds is 24. The fourth-order valence-corrected chi connectivity index (χ4v) is 6.50. The van der Waals surface area contributed by atoms with Crippen molar-refractivity contribution >= 4 is 104 Å². The second-order valence-electron chi connectivity index (χ2n) is 13.5. The van der Waals surface area contributed by atoms with Crippen molar-refractivity contribution in [2.45, 2.75) is 55.7 Å². The Balaban J connectivity index is 1.56. The van der Waals surface area contributed by atoms with E-state index in [1.165, 1.54) is 0 Å². The number of aliphatic hydroxyl groups is 1. The first-order valence-electron chi connectivity index (χ1n) is 18.2. The Kier molecular flexibility index (Phi) is 19.2. The van der Waals surface area contributed by atoms with Crippen molar-refractivity contribution in [1.82, 2.24) is 42.1 Å². The minimum Gasteiger partial charge on any atom is -0.480 e. The zero-order valence-corrected chi connectivity index (χ0v) is 36.5. The molecule has 2 aromatic rings. The van der Waals surface area contributed by atoms with Crippen LogP contribution in [0.2, 0.25) is 0 Å². The van der Waals surface area contributed by atoms with Crippen LogP contribution in [0.1, 0.15) is 24.0 Å². The zero-order valence-electron chi connectivity index (χ0n) is 32.2. The Morgan fingerprint density at radius 3 is 1.49 bits per heavy atom. The Hall–Kier alpha value is -5.52. The molecule has 0 bridgehead atoms. The van der Waals surface area contributed by atoms with E-state index in [1.807, 2.05) is 24.3 Å². The number of nitrogens with zero attached hydrogens (tertiary/aromatic N) is 1. The van der Waals surface area contributed by atoms with Gasteiger partial charge in [-0.25, -0.2) is 0 Å². The van der Waals surface area contributed by atoms with E-state index in [4.69, 9.17) is 22.3 Å². The predicted molar refractivity (Wildman–Crippen MR) is 228 cm³/mol. The molecule has 1 aliphatic rings. The van der Waals surface area contributed by atoms with E-state index in [2.05, 4.69) is 82.4 Å². The molecular weight excluding hydrogens is 1030 g/mol. The first-order chi connectivity index (χ1) is 28.7. The van der Waals surface area contributed by atoms with Gasteiger partial charge in [0.25, 0.3) is 0 Å². The summed E-state index contributed by atoms with van der Waals surface area (Å²) in [5.41, 5.74) is 17.4. The number of primary amides is 2. The number of aliphatic carboxylic acids is 1. The molecule has 0 aromatic heterocycles. The smallest absolute Gasteiger partial charge is 0.322 e. The molecule has 0 saturated carbocycles. The molecule has 2 aromatic carbocycles. The van der Waals surface area contributed by atoms with Crippen molar-refractivity contribution in [1.29, 1.82) is 0 Å². The van der Waals surface area contributed by atoms with Crippen LogP contribution in [-0.2, 0) is 60.8 Å². The molecule has 25 heteroatoms. The van der Waals surface area contributed by atoms with Crippen molar-refractivity contribution in [3.8, 4) is 0 Å². The number of carbonyl (C=O) groups is 10. The number of nitrogens with one attached hydrogen (secondary N) is 7. The highest BCUT2D eigenvalue weighted by molar-refractivity contribution is 14.1. The third-order valence-corrected chi connectivity index (χ3v) is 10.2. The predicted octanol–water partition coefficient (Wildman–Crippen LogP) is -5.28. The van der Waals surface area contributed by atoms with Gasteiger partial charge in [-0.05, 0) is 87.0 Å². The summed E-state index contributed by atoms with van der Waals surface area (Å²) in [5, 5.41) is 36.1. The lowest BCUT2D eigenvalue weighted by atomic mass is 10.1. The van der Waals surface area contributed by atoms with Crippen molar-refractivity contribution < 1.29 is 58.2 Å². The fraction of sp³-hybridized carbons (Fsp3) is 0.389. The Bertz CT molecular complexity index is 1990. The maximum Gasteiger partial charge on any atom is 0.322 e. The molecule has 0 unspecified atom stereocenters. The van der Waals surface area contributed by atoms with E-state index >= 15 is 0 Å². The van der Waals surface area contributed by atoms with E-state index in [1.54, 1.807) is 24.3 Å². The minimum absolute atomic E-state index is 0.0380. The number of carboxylic acids is 1. The molecule has 5 atom stereocenters. The number of carboxylic acid groups (broad SMARTS) is 1. The Labute approximate surface area is 375 Å². The SMILES string of the molecule is NCC(=O)N1[C@@H](Cc2ccc(I)cc2)[C@@]1(O)NCC(=O)N[C@@H](CC(N)=O)C(=O)NCC(=O)N[C@@H](CC(N)=O)C(=O)NCC(=O)N[C@@H](Cc1ccc(I)cc1)C(=O)NCC(=O)O. The number of halogens is 2. The Morgan fingerprint density at radius 1 is 0.639 bits per heavy atom. The van der Waals surface area contributed by atoms with Gasteiger partial charge in [0.15, 0.2) is 0 Å². The van der Waals surface area contributed by atoms with Crippen LogP contribution < -0.4 is 54.4 Å². The molecule has 9 amide bonds. The molecular formula is C36H45I2N11O12. The highest BCUT2D eigenvalue weighted by atomic mass is 127. The minimum atomic E-state index is -1.96. The molecule has 330 valence electrons. The molecule has 1 fully saturated rings. The zero-order chi connectivity index (χ0) is 45.4. The van der Waals surface area contributed by atoms with Gasteiger partial charge in [0.05, 0.1) is 39.0 Å². The summed E-state index contributed by atoms with van der Waals surface area (Å²) in [6, 6.07) is 8.88. The first-order valence-corrected chi connectivity index (χ1v) is 20.4. The topological polar surface area (TPSA) is 376 Å². The molecule has 3 rings (SSSR count). The molecule has 1 aliphatic heterocycles. The molecule has 61 heavy (non-hydrogen) atoms. The summed E-state index contributed by atoms with van der Waals surface area (Å²) < 4.78 is 1.86. The number of benzene rings is 2. The van der Waals surface area contributed by atoms with Gasteiger partial charge in [-0.15, -0.1) is 0 Å². The van der Waals surface area contributed by atoms with Crippen LogP contribution in [0.4, 0.5) is 0 Å². The number of nitrogens with two attached hydrogens (primary N) is 3. The van der Waals surface area contributed by atoms with Gasteiger partial charge in [-0.1, -0.05) is 24.3 Å². The molecule has 0 radical (unpaired) electrons. The summed E-state index contributed by atoms with van der Waals surface area (Å²) in [6.07, 6.45) is -1.30. The highest BCUT2D eigenvalue weighted by Gasteiger charge is 2.64. The van der Waals surface area contributed by atoms with Gasteiger partial charge in [0.1, 0.15) is 30.7 Å². The number of hydrogen-bond donors (Lipinski definition) is 12. The standard InChI is InChI=1S/C36H45I2N11O12/c37-20-5-1-18(2-6-20)9-22(33(58)44-17-32(56)57)46-28(52)14-42-34(59)23(11-26(40)50)47-29(53)15-43-35(60)24(12-27(41)51)48-30(54)16-45-36(61)25(49(36)31(55)13-39)10-19-3-7-21(38)8-4-19/h1-8,22-25,45,61H,9-17,39H2,(H2,40,50)(H2,41,51)(H,42,59)(H,43,60)(H,44,58)(H,46,52)(H,47,53)(H,48,54)(H,56,57)/t22-,23-,24-,25-,36+,49?/m0/s1. The van der Waals surface area contributed by atoms with Gasteiger partial charge >= 0.3 is 5.97 Å². The molecule has 15 N–H and O–H groups in total. The van der Waals surface area contributed by atoms with E-state index in [-0.39, 0.29) is 12.8 Å². The van der Waals surface area contributed by atoms with Gasteiger partial charge in [-0.3, -0.25) is 58.2 Å². The van der Waals surface area contributed by atoms with E-state index in [9.17, 15) is 53.1 Å². The molecule has 0 spiro atoms. The van der Waals surface area contributed by atoms with E-state index in [0.29, 0.717) is 5.56 Å². The number of amides is 9. The molecule has 0 aliphatic carbocycles. The largest absolute Gasteiger partial charge is 0.480 e. The lowest BCUT2D eigenvalue weighted by molar-refractivity contribution is -0.138. The van der Waals surface area contributed by atoms with Gasteiger partial charge in [0, 0.05) is 13.6 Å². The van der Waals surface area contributed by atoms with E-state index < -0.39 is 135 Å². The number of hydrogen-bond acceptors (Lipinski definition) is 13. The fourth-order valence-electron chi connectivity index (χ4n) is 5.78. The van der Waals surface area contributed by atoms with Gasteiger partial charge < -0.3 is 59.3 Å². The summed E-state index contributed by atoms with van der Waals surface area (Å²) in [4.78, 5) is 125. The lowest BCUT2D eigenvalue weighted by Gasteiger charge is -2.21. The van der Waals surface area contributed by atoms with Crippen LogP contribution in [-0.4, -0.2) is 137 Å². The third kappa shape index (κ3) is 16.5. The van der Waals surface area contributed by atoms with Crippen LogP contribution in [0, 0.1) is 7.14 Å². The average Bonchev–Trinajstić information content (AvgIpc) is 3.79. The molecule has 1 heterocycles. The van der Waals surface area contributed by atoms with Gasteiger partial charge in [0.2, 0.25) is 59.0 Å².